The van der Waals surface area contributed by atoms with Gasteiger partial charge in [-0.3, -0.25) is 10.1 Å². The number of hydrogen-bond acceptors (Lipinski definition) is 4. The van der Waals surface area contributed by atoms with Gasteiger partial charge in [0.1, 0.15) is 11.4 Å². The van der Waals surface area contributed by atoms with E-state index >= 15 is 0 Å². The largest absolute Gasteiger partial charge is 0.544 e. The zero-order valence-corrected chi connectivity index (χ0v) is 9.98. The van der Waals surface area contributed by atoms with Gasteiger partial charge in [0.2, 0.25) is 8.32 Å². The first-order valence-corrected chi connectivity index (χ1v) is 7.93. The standard InChI is InChI=1S/C9H14N2O3Si/c1-15(2,3)14-7-4-5-9(11(12)13)8(10)6-7/h4-6H,10H2,1-3H3. The van der Waals surface area contributed by atoms with Gasteiger partial charge in [-0.15, -0.1) is 0 Å². The summed E-state index contributed by atoms with van der Waals surface area (Å²) >= 11 is 0. The highest BCUT2D eigenvalue weighted by atomic mass is 28.4. The Balaban J connectivity index is 2.97. The number of nitrogens with two attached hydrogens (primary N) is 1. The summed E-state index contributed by atoms with van der Waals surface area (Å²) < 4.78 is 5.65. The van der Waals surface area contributed by atoms with Crippen molar-refractivity contribution in [1.29, 1.82) is 0 Å². The lowest BCUT2D eigenvalue weighted by atomic mass is 10.2. The molecule has 0 saturated carbocycles. The van der Waals surface area contributed by atoms with E-state index in [0.29, 0.717) is 5.75 Å². The van der Waals surface area contributed by atoms with Gasteiger partial charge in [-0.25, -0.2) is 0 Å². The molecule has 0 fully saturated rings. The molecule has 15 heavy (non-hydrogen) atoms. The van der Waals surface area contributed by atoms with Gasteiger partial charge in [0, 0.05) is 12.1 Å². The molecule has 0 bridgehead atoms. The molecule has 1 aromatic carbocycles. The molecular formula is C9H14N2O3Si. The molecule has 0 amide bonds. The third-order valence-electron chi connectivity index (χ3n) is 1.62. The number of nitro benzene ring substituents is 1. The van der Waals surface area contributed by atoms with Crippen LogP contribution in [-0.4, -0.2) is 13.2 Å². The monoisotopic (exact) mass is 226 g/mol. The van der Waals surface area contributed by atoms with Crippen molar-refractivity contribution in [1.82, 2.24) is 0 Å². The lowest BCUT2D eigenvalue weighted by Gasteiger charge is -2.19. The van der Waals surface area contributed by atoms with E-state index in [-0.39, 0.29) is 11.4 Å². The number of rotatable bonds is 3. The van der Waals surface area contributed by atoms with E-state index in [9.17, 15) is 10.1 Å². The van der Waals surface area contributed by atoms with Crippen LogP contribution in [0.25, 0.3) is 0 Å². The van der Waals surface area contributed by atoms with Crippen molar-refractivity contribution in [2.45, 2.75) is 19.6 Å². The molecule has 5 nitrogen and oxygen atoms in total. The Morgan fingerprint density at radius 1 is 1.40 bits per heavy atom. The van der Waals surface area contributed by atoms with Crippen LogP contribution in [0.3, 0.4) is 0 Å². The first-order chi connectivity index (χ1) is 6.79. The minimum atomic E-state index is -1.69. The fraction of sp³-hybridized carbons (Fsp3) is 0.333. The Hall–Kier alpha value is -1.56. The molecule has 0 saturated heterocycles. The van der Waals surface area contributed by atoms with Crippen molar-refractivity contribution in [2.75, 3.05) is 5.73 Å². The zero-order chi connectivity index (χ0) is 11.6. The van der Waals surface area contributed by atoms with Crippen molar-refractivity contribution in [3.05, 3.63) is 28.3 Å². The summed E-state index contributed by atoms with van der Waals surface area (Å²) in [5, 5.41) is 10.5. The number of nitro groups is 1. The van der Waals surface area contributed by atoms with Gasteiger partial charge < -0.3 is 10.2 Å². The molecule has 0 radical (unpaired) electrons. The second-order valence-electron chi connectivity index (χ2n) is 4.19. The molecule has 0 aliphatic rings. The molecule has 0 spiro atoms. The zero-order valence-electron chi connectivity index (χ0n) is 8.98. The van der Waals surface area contributed by atoms with Crippen LogP contribution in [0.2, 0.25) is 19.6 Å². The summed E-state index contributed by atoms with van der Waals surface area (Å²) in [4.78, 5) is 10.0. The van der Waals surface area contributed by atoms with E-state index in [2.05, 4.69) is 0 Å². The van der Waals surface area contributed by atoms with E-state index in [1.165, 1.54) is 12.1 Å². The average molecular weight is 226 g/mol. The van der Waals surface area contributed by atoms with Gasteiger partial charge in [-0.2, -0.15) is 0 Å². The molecule has 0 unspecified atom stereocenters. The number of nitrogens with zero attached hydrogens (tertiary/aromatic N) is 1. The molecule has 0 aromatic heterocycles. The van der Waals surface area contributed by atoms with Crippen molar-refractivity contribution < 1.29 is 9.35 Å². The molecule has 0 aliphatic heterocycles. The molecule has 0 aliphatic carbocycles. The van der Waals surface area contributed by atoms with Gasteiger partial charge in [-0.1, -0.05) is 0 Å². The molecular weight excluding hydrogens is 212 g/mol. The lowest BCUT2D eigenvalue weighted by Crippen LogP contribution is -2.29. The van der Waals surface area contributed by atoms with Crippen molar-refractivity contribution in [3.63, 3.8) is 0 Å². The maximum atomic E-state index is 10.5. The summed E-state index contributed by atoms with van der Waals surface area (Å²) in [7, 11) is -1.69. The van der Waals surface area contributed by atoms with Crippen molar-refractivity contribution in [2.24, 2.45) is 0 Å². The van der Waals surface area contributed by atoms with Gasteiger partial charge in [0.25, 0.3) is 5.69 Å². The Morgan fingerprint density at radius 3 is 2.40 bits per heavy atom. The maximum absolute atomic E-state index is 10.5. The highest BCUT2D eigenvalue weighted by Gasteiger charge is 2.18. The first-order valence-electron chi connectivity index (χ1n) is 4.52. The van der Waals surface area contributed by atoms with Crippen molar-refractivity contribution >= 4 is 19.7 Å². The number of nitrogen functional groups attached to an aromatic ring is 1. The lowest BCUT2D eigenvalue weighted by molar-refractivity contribution is -0.383. The average Bonchev–Trinajstić information content (AvgIpc) is 1.99. The number of benzene rings is 1. The fourth-order valence-electron chi connectivity index (χ4n) is 1.12. The minimum Gasteiger partial charge on any atom is -0.544 e. The van der Waals surface area contributed by atoms with Crippen LogP contribution >= 0.6 is 0 Å². The molecule has 0 heterocycles. The fourth-order valence-corrected chi connectivity index (χ4v) is 1.95. The smallest absolute Gasteiger partial charge is 0.292 e. The van der Waals surface area contributed by atoms with Crippen LogP contribution in [0.15, 0.2) is 18.2 Å². The van der Waals surface area contributed by atoms with Crippen LogP contribution in [0.4, 0.5) is 11.4 Å². The third-order valence-corrected chi connectivity index (χ3v) is 2.47. The Labute approximate surface area is 89.1 Å². The molecule has 0 atom stereocenters. The maximum Gasteiger partial charge on any atom is 0.292 e. The minimum absolute atomic E-state index is 0.0853. The van der Waals surface area contributed by atoms with Gasteiger partial charge in [0.15, 0.2) is 0 Å². The summed E-state index contributed by atoms with van der Waals surface area (Å²) in [6.07, 6.45) is 0. The predicted octanol–water partition coefficient (Wildman–Crippen LogP) is 2.39. The van der Waals surface area contributed by atoms with Crippen LogP contribution < -0.4 is 10.2 Å². The van der Waals surface area contributed by atoms with Crippen LogP contribution in [-0.2, 0) is 0 Å². The molecule has 1 rings (SSSR count). The quantitative estimate of drug-likeness (QED) is 0.371. The Morgan fingerprint density at radius 2 is 2.00 bits per heavy atom. The predicted molar refractivity (Wildman–Crippen MR) is 61.5 cm³/mol. The number of anilines is 1. The summed E-state index contributed by atoms with van der Waals surface area (Å²) in [6.45, 7) is 6.10. The molecule has 82 valence electrons. The SMILES string of the molecule is C[Si](C)(C)Oc1ccc([N+](=O)[O-])c(N)c1. The Kier molecular flexibility index (Phi) is 2.99. The highest BCUT2D eigenvalue weighted by Crippen LogP contribution is 2.27. The van der Waals surface area contributed by atoms with E-state index in [1.807, 2.05) is 19.6 Å². The topological polar surface area (TPSA) is 78.4 Å². The molecule has 2 N–H and O–H groups in total. The van der Waals surface area contributed by atoms with Crippen LogP contribution in [0.1, 0.15) is 0 Å². The molecule has 1 aromatic rings. The van der Waals surface area contributed by atoms with Gasteiger partial charge >= 0.3 is 0 Å². The highest BCUT2D eigenvalue weighted by molar-refractivity contribution is 6.70. The van der Waals surface area contributed by atoms with Crippen LogP contribution in [0.5, 0.6) is 5.75 Å². The Bertz CT molecular complexity index is 387. The third kappa shape index (κ3) is 3.24. The normalized spacial score (nSPS) is 11.1. The summed E-state index contributed by atoms with van der Waals surface area (Å²) in [5.74, 6) is 0.595. The van der Waals surface area contributed by atoms with E-state index in [1.54, 1.807) is 6.07 Å². The van der Waals surface area contributed by atoms with Crippen LogP contribution in [0, 0.1) is 10.1 Å². The number of hydrogen-bond donors (Lipinski definition) is 1. The molecule has 6 heteroatoms. The van der Waals surface area contributed by atoms with Crippen molar-refractivity contribution in [3.8, 4) is 5.75 Å². The van der Waals surface area contributed by atoms with E-state index in [0.717, 1.165) is 0 Å². The second kappa shape index (κ2) is 3.89. The van der Waals surface area contributed by atoms with Gasteiger partial charge in [-0.05, 0) is 25.7 Å². The van der Waals surface area contributed by atoms with E-state index < -0.39 is 13.2 Å². The second-order valence-corrected chi connectivity index (χ2v) is 8.62. The first kappa shape index (κ1) is 11.5. The van der Waals surface area contributed by atoms with Gasteiger partial charge in [0.05, 0.1) is 4.92 Å². The summed E-state index contributed by atoms with van der Waals surface area (Å²) in [6, 6.07) is 4.44. The van der Waals surface area contributed by atoms with E-state index in [4.69, 9.17) is 10.2 Å². The summed E-state index contributed by atoms with van der Waals surface area (Å²) in [5.41, 5.74) is 5.58.